The van der Waals surface area contributed by atoms with Gasteiger partial charge in [0.25, 0.3) is 5.78 Å². The third kappa shape index (κ3) is 3.00. The number of halogens is 3. The van der Waals surface area contributed by atoms with E-state index < -0.39 is 12.0 Å². The number of rotatable bonds is 2. The highest BCUT2D eigenvalue weighted by molar-refractivity contribution is 6.05. The lowest BCUT2D eigenvalue weighted by Crippen LogP contribution is -2.27. The Morgan fingerprint density at radius 2 is 1.91 bits per heavy atom. The topological polar surface area (TPSA) is 29.4 Å². The van der Waals surface area contributed by atoms with E-state index in [1.54, 1.807) is 12.1 Å². The van der Waals surface area contributed by atoms with Gasteiger partial charge in [0.05, 0.1) is 5.71 Å². The normalized spacial score (nSPS) is 23.8. The molecule has 2 atom stereocenters. The molecule has 2 aliphatic rings. The third-order valence-electron chi connectivity index (χ3n) is 4.47. The molecule has 2 unspecified atom stereocenters. The molecule has 0 amide bonds. The summed E-state index contributed by atoms with van der Waals surface area (Å²) in [5.41, 5.74) is 2.49. The van der Waals surface area contributed by atoms with Gasteiger partial charge in [-0.15, -0.1) is 0 Å². The Morgan fingerprint density at radius 3 is 2.57 bits per heavy atom. The van der Waals surface area contributed by atoms with Crippen LogP contribution in [0.2, 0.25) is 0 Å². The van der Waals surface area contributed by atoms with Gasteiger partial charge in [-0.05, 0) is 29.9 Å². The number of fused-ring (bicyclic) bond motifs is 1. The van der Waals surface area contributed by atoms with E-state index in [-0.39, 0.29) is 11.5 Å². The molecule has 120 valence electrons. The largest absolute Gasteiger partial charge is 0.454 e. The summed E-state index contributed by atoms with van der Waals surface area (Å²) in [4.78, 5) is 15.7. The standard InChI is InChI=1S/C18H16F3NO/c1-11-15-5-3-2-4-14(15)10-22-16(11)12-6-8-13(9-7-12)17(23)18(19,20)21/h2,4,6-11,15H,3,5H2,1H3. The molecule has 0 fully saturated rings. The Labute approximate surface area is 132 Å². The van der Waals surface area contributed by atoms with Gasteiger partial charge in [0.15, 0.2) is 0 Å². The fourth-order valence-corrected chi connectivity index (χ4v) is 3.21. The molecular weight excluding hydrogens is 303 g/mol. The van der Waals surface area contributed by atoms with Crippen molar-refractivity contribution in [1.82, 2.24) is 0 Å². The van der Waals surface area contributed by atoms with E-state index in [0.717, 1.165) is 24.1 Å². The van der Waals surface area contributed by atoms with Crippen LogP contribution >= 0.6 is 0 Å². The fourth-order valence-electron chi connectivity index (χ4n) is 3.21. The predicted octanol–water partition coefficient (Wildman–Crippen LogP) is 4.72. The molecule has 0 saturated carbocycles. The summed E-state index contributed by atoms with van der Waals surface area (Å²) in [5, 5.41) is 0. The molecule has 0 saturated heterocycles. The Balaban J connectivity index is 1.88. The zero-order valence-corrected chi connectivity index (χ0v) is 12.6. The first kappa shape index (κ1) is 15.7. The van der Waals surface area contributed by atoms with Gasteiger partial charge in [-0.25, -0.2) is 0 Å². The minimum atomic E-state index is -4.84. The summed E-state index contributed by atoms with van der Waals surface area (Å²) in [6.07, 6.45) is 3.29. The molecule has 0 bridgehead atoms. The lowest BCUT2D eigenvalue weighted by molar-refractivity contribution is -0.0885. The predicted molar refractivity (Wildman–Crippen MR) is 82.5 cm³/mol. The van der Waals surface area contributed by atoms with Crippen molar-refractivity contribution in [2.24, 2.45) is 16.8 Å². The summed E-state index contributed by atoms with van der Waals surface area (Å²) in [5.74, 6) is -1.23. The number of aliphatic imine (C=N–C) groups is 1. The van der Waals surface area contributed by atoms with Crippen LogP contribution in [0.4, 0.5) is 13.2 Å². The van der Waals surface area contributed by atoms with E-state index in [1.165, 1.54) is 17.7 Å². The number of allylic oxidation sites excluding steroid dienone is 3. The van der Waals surface area contributed by atoms with Gasteiger partial charge in [-0.2, -0.15) is 13.2 Å². The molecule has 1 aliphatic heterocycles. The Kier molecular flexibility index (Phi) is 3.96. The number of nitrogens with zero attached hydrogens (tertiary/aromatic N) is 1. The molecule has 0 N–H and O–H groups in total. The van der Waals surface area contributed by atoms with Crippen LogP contribution in [0.3, 0.4) is 0 Å². The van der Waals surface area contributed by atoms with E-state index in [2.05, 4.69) is 24.1 Å². The van der Waals surface area contributed by atoms with Gasteiger partial charge in [-0.1, -0.05) is 43.3 Å². The maximum absolute atomic E-state index is 12.5. The van der Waals surface area contributed by atoms with E-state index in [1.807, 2.05) is 6.20 Å². The molecule has 1 aromatic rings. The van der Waals surface area contributed by atoms with Crippen molar-refractivity contribution in [3.05, 3.63) is 59.3 Å². The SMILES string of the molecule is CC1C(c2ccc(C(=O)C(F)(F)F)cc2)=NC=C2C=CCCC21. The van der Waals surface area contributed by atoms with Gasteiger partial charge in [0.1, 0.15) is 0 Å². The zero-order chi connectivity index (χ0) is 16.6. The molecule has 5 heteroatoms. The summed E-state index contributed by atoms with van der Waals surface area (Å²) >= 11 is 0. The van der Waals surface area contributed by atoms with Crippen LogP contribution < -0.4 is 0 Å². The fraction of sp³-hybridized carbons (Fsp3) is 0.333. The minimum absolute atomic E-state index is 0.198. The average molecular weight is 319 g/mol. The van der Waals surface area contributed by atoms with E-state index in [9.17, 15) is 18.0 Å². The Bertz CT molecular complexity index is 711. The van der Waals surface area contributed by atoms with Crippen molar-refractivity contribution in [2.45, 2.75) is 25.9 Å². The molecule has 23 heavy (non-hydrogen) atoms. The molecular formula is C18H16F3NO. The number of hydrogen-bond donors (Lipinski definition) is 0. The summed E-state index contributed by atoms with van der Waals surface area (Å²) in [6.45, 7) is 2.09. The van der Waals surface area contributed by atoms with Crippen LogP contribution in [-0.4, -0.2) is 17.7 Å². The smallest absolute Gasteiger partial charge is 0.284 e. The second-order valence-corrected chi connectivity index (χ2v) is 5.92. The van der Waals surface area contributed by atoms with Crippen molar-refractivity contribution >= 4 is 11.5 Å². The van der Waals surface area contributed by atoms with Gasteiger partial charge in [-0.3, -0.25) is 9.79 Å². The number of alkyl halides is 3. The average Bonchev–Trinajstić information content (AvgIpc) is 2.54. The number of carbonyl (C=O) groups is 1. The van der Waals surface area contributed by atoms with E-state index >= 15 is 0 Å². The molecule has 1 aromatic carbocycles. The van der Waals surface area contributed by atoms with Crippen LogP contribution in [0.5, 0.6) is 0 Å². The molecule has 2 nitrogen and oxygen atoms in total. The second kappa shape index (κ2) is 5.80. The molecule has 0 spiro atoms. The first-order valence-corrected chi connectivity index (χ1v) is 7.54. The zero-order valence-electron chi connectivity index (χ0n) is 12.6. The summed E-state index contributed by atoms with van der Waals surface area (Å²) in [7, 11) is 0. The first-order valence-electron chi connectivity index (χ1n) is 7.54. The van der Waals surface area contributed by atoms with Crippen molar-refractivity contribution in [1.29, 1.82) is 0 Å². The second-order valence-electron chi connectivity index (χ2n) is 5.92. The van der Waals surface area contributed by atoms with E-state index in [0.29, 0.717) is 5.92 Å². The van der Waals surface area contributed by atoms with Gasteiger partial charge in [0.2, 0.25) is 0 Å². The van der Waals surface area contributed by atoms with Gasteiger partial charge in [0, 0.05) is 17.7 Å². The number of hydrogen-bond acceptors (Lipinski definition) is 2. The monoisotopic (exact) mass is 319 g/mol. The van der Waals surface area contributed by atoms with Crippen molar-refractivity contribution < 1.29 is 18.0 Å². The van der Waals surface area contributed by atoms with Crippen LogP contribution in [0, 0.1) is 11.8 Å². The van der Waals surface area contributed by atoms with Crippen LogP contribution in [0.1, 0.15) is 35.7 Å². The van der Waals surface area contributed by atoms with E-state index in [4.69, 9.17) is 0 Å². The van der Waals surface area contributed by atoms with Crippen LogP contribution in [0.15, 0.2) is 53.2 Å². The van der Waals surface area contributed by atoms with Crippen molar-refractivity contribution in [3.8, 4) is 0 Å². The quantitative estimate of drug-likeness (QED) is 0.725. The van der Waals surface area contributed by atoms with Gasteiger partial charge < -0.3 is 0 Å². The highest BCUT2D eigenvalue weighted by atomic mass is 19.4. The first-order chi connectivity index (χ1) is 10.9. The van der Waals surface area contributed by atoms with Crippen molar-refractivity contribution in [2.75, 3.05) is 0 Å². The Hall–Kier alpha value is -2.17. The molecule has 0 aromatic heterocycles. The van der Waals surface area contributed by atoms with Crippen molar-refractivity contribution in [3.63, 3.8) is 0 Å². The molecule has 0 radical (unpaired) electrons. The summed E-state index contributed by atoms with van der Waals surface area (Å²) < 4.78 is 37.4. The maximum Gasteiger partial charge on any atom is 0.454 e. The maximum atomic E-state index is 12.5. The lowest BCUT2D eigenvalue weighted by Gasteiger charge is -2.31. The third-order valence-corrected chi connectivity index (χ3v) is 4.47. The number of ketones is 1. The lowest BCUT2D eigenvalue weighted by atomic mass is 9.75. The Morgan fingerprint density at radius 1 is 1.22 bits per heavy atom. The molecule has 3 rings (SSSR count). The number of carbonyl (C=O) groups excluding carboxylic acids is 1. The van der Waals surface area contributed by atoms with Crippen LogP contribution in [-0.2, 0) is 0 Å². The minimum Gasteiger partial charge on any atom is -0.284 e. The molecule has 1 aliphatic carbocycles. The molecule has 1 heterocycles. The van der Waals surface area contributed by atoms with Gasteiger partial charge >= 0.3 is 6.18 Å². The summed E-state index contributed by atoms with van der Waals surface area (Å²) in [6, 6.07) is 5.54. The number of benzene rings is 1. The highest BCUT2D eigenvalue weighted by Gasteiger charge is 2.39. The highest BCUT2D eigenvalue weighted by Crippen LogP contribution is 2.36. The number of Topliss-reactive ketones (excluding diaryl/α,β-unsaturated/α-hetero) is 1. The van der Waals surface area contributed by atoms with Crippen LogP contribution in [0.25, 0.3) is 0 Å².